The molecule has 4 heteroatoms. The molecule has 0 aliphatic carbocycles. The first-order chi connectivity index (χ1) is 5.11. The summed E-state index contributed by atoms with van der Waals surface area (Å²) >= 11 is 0. The molecule has 1 saturated heterocycles. The fraction of sp³-hybridized carbons (Fsp3) is 0.857. The molecule has 0 spiro atoms. The predicted octanol–water partition coefficient (Wildman–Crippen LogP) is 0.347. The van der Waals surface area contributed by atoms with Crippen LogP contribution in [0.5, 0.6) is 0 Å². The fourth-order valence-corrected chi connectivity index (χ4v) is 1.29. The molecule has 64 valence electrons. The maximum absolute atomic E-state index is 10.6. The Morgan fingerprint density at radius 1 is 1.64 bits per heavy atom. The summed E-state index contributed by atoms with van der Waals surface area (Å²) in [4.78, 5) is 12.1. The molecule has 0 saturated carbocycles. The lowest BCUT2D eigenvalue weighted by Crippen LogP contribution is -2.55. The van der Waals surface area contributed by atoms with Gasteiger partial charge in [0.1, 0.15) is 0 Å². The Balaban J connectivity index is 2.54. The third kappa shape index (κ3) is 1.83. The Hall–Kier alpha value is -0.770. The first-order valence-electron chi connectivity index (χ1n) is 3.84. The highest BCUT2D eigenvalue weighted by atomic mass is 16.4. The average Bonchev–Trinajstić information content (AvgIpc) is 1.94. The van der Waals surface area contributed by atoms with E-state index in [9.17, 15) is 4.79 Å². The monoisotopic (exact) mass is 158 g/mol. The molecule has 0 radical (unpaired) electrons. The number of piperazine rings is 1. The Labute approximate surface area is 66.2 Å². The van der Waals surface area contributed by atoms with Crippen LogP contribution in [0.1, 0.15) is 13.8 Å². The Morgan fingerprint density at radius 2 is 2.27 bits per heavy atom. The Kier molecular flexibility index (Phi) is 2.34. The van der Waals surface area contributed by atoms with Crippen LogP contribution in [-0.4, -0.2) is 41.3 Å². The van der Waals surface area contributed by atoms with Gasteiger partial charge in [0.2, 0.25) is 0 Å². The second-order valence-corrected chi connectivity index (χ2v) is 3.09. The molecule has 4 nitrogen and oxygen atoms in total. The predicted molar refractivity (Wildman–Crippen MR) is 41.7 cm³/mol. The average molecular weight is 158 g/mol. The fourth-order valence-electron chi connectivity index (χ4n) is 1.29. The SMILES string of the molecule is C[C@@H]1CN(C(=O)O)[C@H](C)CN1. The van der Waals surface area contributed by atoms with E-state index in [4.69, 9.17) is 5.11 Å². The summed E-state index contributed by atoms with van der Waals surface area (Å²) in [7, 11) is 0. The van der Waals surface area contributed by atoms with Gasteiger partial charge < -0.3 is 15.3 Å². The van der Waals surface area contributed by atoms with Gasteiger partial charge in [0.25, 0.3) is 0 Å². The molecule has 11 heavy (non-hydrogen) atoms. The second kappa shape index (κ2) is 3.09. The zero-order valence-corrected chi connectivity index (χ0v) is 6.87. The van der Waals surface area contributed by atoms with Crippen molar-refractivity contribution in [1.82, 2.24) is 10.2 Å². The van der Waals surface area contributed by atoms with Gasteiger partial charge in [-0.2, -0.15) is 0 Å². The van der Waals surface area contributed by atoms with Crippen LogP contribution < -0.4 is 5.32 Å². The Bertz CT molecular complexity index is 161. The summed E-state index contributed by atoms with van der Waals surface area (Å²) in [5.74, 6) is 0. The maximum atomic E-state index is 10.6. The Morgan fingerprint density at radius 3 is 2.73 bits per heavy atom. The molecular weight excluding hydrogens is 144 g/mol. The van der Waals surface area contributed by atoms with Crippen LogP contribution >= 0.6 is 0 Å². The van der Waals surface area contributed by atoms with Crippen LogP contribution in [-0.2, 0) is 0 Å². The largest absolute Gasteiger partial charge is 0.465 e. The van der Waals surface area contributed by atoms with E-state index in [0.717, 1.165) is 6.54 Å². The summed E-state index contributed by atoms with van der Waals surface area (Å²) in [6, 6.07) is 0.381. The number of carbonyl (C=O) groups is 1. The summed E-state index contributed by atoms with van der Waals surface area (Å²) in [5.41, 5.74) is 0. The number of nitrogens with zero attached hydrogens (tertiary/aromatic N) is 1. The highest BCUT2D eigenvalue weighted by Crippen LogP contribution is 2.05. The quantitative estimate of drug-likeness (QED) is 0.534. The van der Waals surface area contributed by atoms with Gasteiger partial charge in [-0.15, -0.1) is 0 Å². The minimum atomic E-state index is -0.814. The lowest BCUT2D eigenvalue weighted by Gasteiger charge is -2.35. The molecule has 1 amide bonds. The molecule has 1 rings (SSSR count). The van der Waals surface area contributed by atoms with Crippen molar-refractivity contribution in [3.63, 3.8) is 0 Å². The highest BCUT2D eigenvalue weighted by Gasteiger charge is 2.25. The molecule has 1 fully saturated rings. The lowest BCUT2D eigenvalue weighted by molar-refractivity contribution is 0.107. The van der Waals surface area contributed by atoms with Crippen molar-refractivity contribution >= 4 is 6.09 Å². The summed E-state index contributed by atoms with van der Waals surface area (Å²) in [6.45, 7) is 5.25. The van der Waals surface area contributed by atoms with Crippen LogP contribution in [0.3, 0.4) is 0 Å². The van der Waals surface area contributed by atoms with E-state index in [-0.39, 0.29) is 12.1 Å². The van der Waals surface area contributed by atoms with E-state index in [1.165, 1.54) is 4.90 Å². The van der Waals surface area contributed by atoms with Crippen molar-refractivity contribution in [2.75, 3.05) is 13.1 Å². The van der Waals surface area contributed by atoms with Crippen LogP contribution in [0, 0.1) is 0 Å². The molecule has 0 aromatic rings. The standard InChI is InChI=1S/C7H14N2O2/c1-5-4-9(7(10)11)6(2)3-8-5/h5-6,8H,3-4H2,1-2H3,(H,10,11)/t5-,6-/m1/s1. The van der Waals surface area contributed by atoms with Crippen molar-refractivity contribution in [2.45, 2.75) is 25.9 Å². The van der Waals surface area contributed by atoms with Crippen LogP contribution in [0.15, 0.2) is 0 Å². The van der Waals surface area contributed by atoms with Crippen LogP contribution in [0.25, 0.3) is 0 Å². The molecule has 0 bridgehead atoms. The second-order valence-electron chi connectivity index (χ2n) is 3.09. The summed E-state index contributed by atoms with van der Waals surface area (Å²) in [6.07, 6.45) is -0.814. The molecule has 1 heterocycles. The maximum Gasteiger partial charge on any atom is 0.407 e. The van der Waals surface area contributed by atoms with Gasteiger partial charge in [-0.1, -0.05) is 0 Å². The van der Waals surface area contributed by atoms with Gasteiger partial charge in [-0.3, -0.25) is 0 Å². The normalized spacial score (nSPS) is 32.0. The third-order valence-electron chi connectivity index (χ3n) is 2.01. The van der Waals surface area contributed by atoms with E-state index < -0.39 is 6.09 Å². The van der Waals surface area contributed by atoms with Crippen LogP contribution in [0.4, 0.5) is 4.79 Å². The van der Waals surface area contributed by atoms with Gasteiger partial charge in [0, 0.05) is 25.2 Å². The topological polar surface area (TPSA) is 52.6 Å². The van der Waals surface area contributed by atoms with Gasteiger partial charge in [0.15, 0.2) is 0 Å². The smallest absolute Gasteiger partial charge is 0.407 e. The summed E-state index contributed by atoms with van der Waals surface area (Å²) < 4.78 is 0. The third-order valence-corrected chi connectivity index (χ3v) is 2.01. The lowest BCUT2D eigenvalue weighted by atomic mass is 10.1. The van der Waals surface area contributed by atoms with Gasteiger partial charge >= 0.3 is 6.09 Å². The number of nitrogens with one attached hydrogen (secondary N) is 1. The van der Waals surface area contributed by atoms with Crippen LogP contribution in [0.2, 0.25) is 0 Å². The van der Waals surface area contributed by atoms with Crippen molar-refractivity contribution in [2.24, 2.45) is 0 Å². The molecule has 0 aromatic carbocycles. The molecule has 0 unspecified atom stereocenters. The molecule has 1 aliphatic heterocycles. The van der Waals surface area contributed by atoms with Gasteiger partial charge in [-0.25, -0.2) is 4.79 Å². The van der Waals surface area contributed by atoms with Crippen molar-refractivity contribution in [3.05, 3.63) is 0 Å². The first-order valence-corrected chi connectivity index (χ1v) is 3.84. The number of hydrogen-bond donors (Lipinski definition) is 2. The van der Waals surface area contributed by atoms with E-state index >= 15 is 0 Å². The minimum Gasteiger partial charge on any atom is -0.465 e. The highest BCUT2D eigenvalue weighted by molar-refractivity contribution is 5.65. The number of rotatable bonds is 0. The van der Waals surface area contributed by atoms with E-state index in [1.54, 1.807) is 0 Å². The molecule has 2 N–H and O–H groups in total. The first kappa shape index (κ1) is 8.33. The van der Waals surface area contributed by atoms with E-state index in [1.807, 2.05) is 13.8 Å². The number of carboxylic acid groups (broad SMARTS) is 1. The molecule has 1 aliphatic rings. The summed E-state index contributed by atoms with van der Waals surface area (Å²) in [5, 5.41) is 11.9. The van der Waals surface area contributed by atoms with E-state index in [2.05, 4.69) is 5.32 Å². The van der Waals surface area contributed by atoms with Gasteiger partial charge in [0.05, 0.1) is 0 Å². The number of amides is 1. The van der Waals surface area contributed by atoms with Crippen molar-refractivity contribution in [1.29, 1.82) is 0 Å². The van der Waals surface area contributed by atoms with Gasteiger partial charge in [-0.05, 0) is 13.8 Å². The molecule has 0 aromatic heterocycles. The van der Waals surface area contributed by atoms with Crippen molar-refractivity contribution < 1.29 is 9.90 Å². The zero-order chi connectivity index (χ0) is 8.43. The zero-order valence-electron chi connectivity index (χ0n) is 6.87. The minimum absolute atomic E-state index is 0.101. The molecule has 2 atom stereocenters. The number of hydrogen-bond acceptors (Lipinski definition) is 2. The van der Waals surface area contributed by atoms with E-state index in [0.29, 0.717) is 6.54 Å². The molecular formula is C7H14N2O2. The van der Waals surface area contributed by atoms with Crippen molar-refractivity contribution in [3.8, 4) is 0 Å².